The lowest BCUT2D eigenvalue weighted by molar-refractivity contribution is -0.128. The molecule has 1 amide bonds. The van der Waals surface area contributed by atoms with Crippen LogP contribution in [-0.4, -0.2) is 29.9 Å². The molecule has 1 aromatic rings. The van der Waals surface area contributed by atoms with Crippen LogP contribution in [0, 0.1) is 0 Å². The Balaban J connectivity index is 2.02. The van der Waals surface area contributed by atoms with Gasteiger partial charge in [-0.15, -0.1) is 11.3 Å². The van der Waals surface area contributed by atoms with Gasteiger partial charge in [-0.1, -0.05) is 0 Å². The van der Waals surface area contributed by atoms with Crippen molar-refractivity contribution < 1.29 is 4.79 Å². The predicted molar refractivity (Wildman–Crippen MR) is 64.9 cm³/mol. The summed E-state index contributed by atoms with van der Waals surface area (Å²) >= 11 is 5.16. The van der Waals surface area contributed by atoms with E-state index in [0.29, 0.717) is 0 Å². The van der Waals surface area contributed by atoms with Crippen LogP contribution >= 0.6 is 27.3 Å². The number of hydrogen-bond donors (Lipinski definition) is 1. The van der Waals surface area contributed by atoms with E-state index in [1.807, 2.05) is 6.92 Å². The number of carbonyl (C=O) groups is 1. The van der Waals surface area contributed by atoms with E-state index in [1.165, 1.54) is 4.88 Å². The highest BCUT2D eigenvalue weighted by molar-refractivity contribution is 9.10. The zero-order valence-electron chi connectivity index (χ0n) is 8.50. The summed E-state index contributed by atoms with van der Waals surface area (Å²) in [6.45, 7) is 4.51. The van der Waals surface area contributed by atoms with Crippen LogP contribution in [0.3, 0.4) is 0 Å². The van der Waals surface area contributed by atoms with E-state index < -0.39 is 0 Å². The van der Waals surface area contributed by atoms with Gasteiger partial charge in [0.05, 0.1) is 6.04 Å². The molecule has 1 saturated heterocycles. The van der Waals surface area contributed by atoms with Gasteiger partial charge < -0.3 is 5.32 Å². The van der Waals surface area contributed by atoms with E-state index in [0.717, 1.165) is 24.1 Å². The quantitative estimate of drug-likeness (QED) is 0.901. The standard InChI is InChI=1S/C10H13BrN2OS/c1-7-10(14)12-2-3-13(7)5-9-4-8(11)6-15-9/h4,6-7H,2-3,5H2,1H3,(H,12,14). The first-order chi connectivity index (χ1) is 7.16. The van der Waals surface area contributed by atoms with Gasteiger partial charge in [0.1, 0.15) is 0 Å². The monoisotopic (exact) mass is 288 g/mol. The average Bonchev–Trinajstić information content (AvgIpc) is 2.59. The number of piperazine rings is 1. The maximum absolute atomic E-state index is 11.4. The van der Waals surface area contributed by atoms with Gasteiger partial charge in [0.2, 0.25) is 5.91 Å². The third kappa shape index (κ3) is 2.59. The Morgan fingerprint density at radius 2 is 2.53 bits per heavy atom. The van der Waals surface area contributed by atoms with E-state index in [2.05, 4.69) is 37.6 Å². The second-order valence-electron chi connectivity index (χ2n) is 3.67. The third-order valence-corrected chi connectivity index (χ3v) is 4.29. The SMILES string of the molecule is CC1C(=O)NCCN1Cc1cc(Br)cs1. The van der Waals surface area contributed by atoms with Crippen molar-refractivity contribution in [2.75, 3.05) is 13.1 Å². The molecule has 1 aromatic heterocycles. The molecule has 0 radical (unpaired) electrons. The zero-order valence-corrected chi connectivity index (χ0v) is 10.9. The van der Waals surface area contributed by atoms with Crippen LogP contribution in [0.2, 0.25) is 0 Å². The minimum absolute atomic E-state index is 0.0142. The molecule has 3 nitrogen and oxygen atoms in total. The Hall–Kier alpha value is -0.390. The minimum atomic E-state index is -0.0142. The fourth-order valence-corrected chi connectivity index (χ4v) is 3.16. The van der Waals surface area contributed by atoms with Crippen LogP contribution in [0.25, 0.3) is 0 Å². The lowest BCUT2D eigenvalue weighted by Gasteiger charge is -2.32. The summed E-state index contributed by atoms with van der Waals surface area (Å²) in [6.07, 6.45) is 0. The van der Waals surface area contributed by atoms with Crippen LogP contribution in [-0.2, 0) is 11.3 Å². The Bertz CT molecular complexity index is 366. The van der Waals surface area contributed by atoms with E-state index in [9.17, 15) is 4.79 Å². The molecule has 0 aromatic carbocycles. The van der Waals surface area contributed by atoms with Gasteiger partial charge in [-0.3, -0.25) is 9.69 Å². The first-order valence-corrected chi connectivity index (χ1v) is 6.59. The Morgan fingerprint density at radius 3 is 3.20 bits per heavy atom. The Labute approximate surface area is 102 Å². The van der Waals surface area contributed by atoms with Crippen LogP contribution in [0.1, 0.15) is 11.8 Å². The second-order valence-corrected chi connectivity index (χ2v) is 5.58. The van der Waals surface area contributed by atoms with E-state index in [1.54, 1.807) is 11.3 Å². The highest BCUT2D eigenvalue weighted by atomic mass is 79.9. The minimum Gasteiger partial charge on any atom is -0.353 e. The average molecular weight is 289 g/mol. The van der Waals surface area contributed by atoms with E-state index in [4.69, 9.17) is 0 Å². The number of nitrogens with zero attached hydrogens (tertiary/aromatic N) is 1. The lowest BCUT2D eigenvalue weighted by atomic mass is 10.2. The lowest BCUT2D eigenvalue weighted by Crippen LogP contribution is -2.53. The van der Waals surface area contributed by atoms with Gasteiger partial charge in [0.25, 0.3) is 0 Å². The van der Waals surface area contributed by atoms with Gasteiger partial charge in [-0.25, -0.2) is 0 Å². The van der Waals surface area contributed by atoms with Crippen molar-refractivity contribution in [3.05, 3.63) is 20.8 Å². The molecule has 1 unspecified atom stereocenters. The van der Waals surface area contributed by atoms with E-state index >= 15 is 0 Å². The normalized spacial score (nSPS) is 22.8. The van der Waals surface area contributed by atoms with Gasteiger partial charge in [0.15, 0.2) is 0 Å². The van der Waals surface area contributed by atoms with Crippen LogP contribution in [0.4, 0.5) is 0 Å². The van der Waals surface area contributed by atoms with Gasteiger partial charge in [-0.2, -0.15) is 0 Å². The molecule has 2 heterocycles. The molecule has 5 heteroatoms. The number of amides is 1. The zero-order chi connectivity index (χ0) is 10.8. The summed E-state index contributed by atoms with van der Waals surface area (Å²) in [5, 5.41) is 4.94. The number of carbonyl (C=O) groups excluding carboxylic acids is 1. The molecule has 1 atom stereocenters. The summed E-state index contributed by atoms with van der Waals surface area (Å²) < 4.78 is 1.12. The molecule has 0 spiro atoms. The molecule has 82 valence electrons. The molecule has 1 aliphatic rings. The summed E-state index contributed by atoms with van der Waals surface area (Å²) in [6, 6.07) is 2.10. The summed E-state index contributed by atoms with van der Waals surface area (Å²) in [7, 11) is 0. The molecule has 0 aliphatic carbocycles. The summed E-state index contributed by atoms with van der Waals surface area (Å²) in [5.41, 5.74) is 0. The van der Waals surface area contributed by atoms with E-state index in [-0.39, 0.29) is 11.9 Å². The largest absolute Gasteiger partial charge is 0.353 e. The van der Waals surface area contributed by atoms with Crippen molar-refractivity contribution in [2.24, 2.45) is 0 Å². The van der Waals surface area contributed by atoms with Crippen molar-refractivity contribution in [1.82, 2.24) is 10.2 Å². The van der Waals surface area contributed by atoms with Gasteiger partial charge >= 0.3 is 0 Å². The second kappa shape index (κ2) is 4.63. The number of nitrogens with one attached hydrogen (secondary N) is 1. The van der Waals surface area contributed by atoms with Crippen molar-refractivity contribution >= 4 is 33.2 Å². The summed E-state index contributed by atoms with van der Waals surface area (Å²) in [4.78, 5) is 14.9. The topological polar surface area (TPSA) is 32.3 Å². The molecule has 1 aliphatic heterocycles. The first-order valence-electron chi connectivity index (χ1n) is 4.91. The van der Waals surface area contributed by atoms with Crippen LogP contribution < -0.4 is 5.32 Å². The maximum Gasteiger partial charge on any atom is 0.237 e. The maximum atomic E-state index is 11.4. The summed E-state index contributed by atoms with van der Waals surface area (Å²) in [5.74, 6) is 0.136. The highest BCUT2D eigenvalue weighted by Crippen LogP contribution is 2.22. The molecule has 1 N–H and O–H groups in total. The molecular formula is C10H13BrN2OS. The molecule has 15 heavy (non-hydrogen) atoms. The van der Waals surface area contributed by atoms with Crippen molar-refractivity contribution in [1.29, 1.82) is 0 Å². The van der Waals surface area contributed by atoms with Crippen molar-refractivity contribution in [3.63, 3.8) is 0 Å². The number of hydrogen-bond acceptors (Lipinski definition) is 3. The Morgan fingerprint density at radius 1 is 1.73 bits per heavy atom. The molecule has 0 bridgehead atoms. The van der Waals surface area contributed by atoms with Gasteiger partial charge in [0, 0.05) is 34.4 Å². The molecule has 2 rings (SSSR count). The smallest absolute Gasteiger partial charge is 0.237 e. The fourth-order valence-electron chi connectivity index (χ4n) is 1.68. The van der Waals surface area contributed by atoms with Crippen LogP contribution in [0.5, 0.6) is 0 Å². The first kappa shape index (κ1) is 11.1. The number of rotatable bonds is 2. The van der Waals surface area contributed by atoms with Crippen molar-refractivity contribution in [2.45, 2.75) is 19.5 Å². The van der Waals surface area contributed by atoms with Gasteiger partial charge in [-0.05, 0) is 28.9 Å². The molecule has 1 fully saturated rings. The van der Waals surface area contributed by atoms with Crippen molar-refractivity contribution in [3.8, 4) is 0 Å². The molecular weight excluding hydrogens is 276 g/mol. The number of halogens is 1. The predicted octanol–water partition coefficient (Wildman–Crippen LogP) is 1.83. The third-order valence-electron chi connectivity index (χ3n) is 2.61. The molecule has 0 saturated carbocycles. The Kier molecular flexibility index (Phi) is 3.43. The fraction of sp³-hybridized carbons (Fsp3) is 0.500. The highest BCUT2D eigenvalue weighted by Gasteiger charge is 2.25. The number of thiophene rings is 1. The van der Waals surface area contributed by atoms with Crippen LogP contribution in [0.15, 0.2) is 15.9 Å².